The average Bonchev–Trinajstić information content (AvgIpc) is 2.38. The Morgan fingerprint density at radius 1 is 1.11 bits per heavy atom. The van der Waals surface area contributed by atoms with Crippen molar-refractivity contribution in [3.05, 3.63) is 18.1 Å². The molecule has 0 aliphatic carbocycles. The van der Waals surface area contributed by atoms with E-state index in [1.54, 1.807) is 6.92 Å². The van der Waals surface area contributed by atoms with Crippen LogP contribution in [-0.4, -0.2) is 49.2 Å². The van der Waals surface area contributed by atoms with Crippen molar-refractivity contribution in [3.8, 4) is 0 Å². The first-order chi connectivity index (χ1) is 8.58. The largest absolute Gasteiger partial charge is 0.468 e. The molecule has 0 bridgehead atoms. The second-order valence-electron chi connectivity index (χ2n) is 3.47. The quantitative estimate of drug-likeness (QED) is 0.680. The van der Waals surface area contributed by atoms with Crippen LogP contribution in [0, 0.1) is 6.92 Å². The normalized spacial score (nSPS) is 9.72. The second kappa shape index (κ2) is 6.53. The molecule has 0 aromatic carbocycles. The molecule has 1 heterocycles. The van der Waals surface area contributed by atoms with Crippen LogP contribution >= 0.6 is 0 Å². The molecule has 0 spiro atoms. The van der Waals surface area contributed by atoms with E-state index in [2.05, 4.69) is 19.4 Å². The van der Waals surface area contributed by atoms with E-state index in [9.17, 15) is 9.59 Å². The standard InChI is InChI=1S/C11H15N3O4/c1-8-11(13-5-4-12-8)14(6-9(15)17-2)7-10(16)18-3/h4-5H,6-7H2,1-3H3. The first kappa shape index (κ1) is 13.9. The Balaban J connectivity index is 2.93. The molecule has 0 unspecified atom stereocenters. The molecule has 0 amide bonds. The van der Waals surface area contributed by atoms with E-state index in [1.807, 2.05) is 0 Å². The van der Waals surface area contributed by atoms with Crippen LogP contribution in [0.4, 0.5) is 5.82 Å². The molecule has 7 heteroatoms. The van der Waals surface area contributed by atoms with Gasteiger partial charge in [0.15, 0.2) is 5.82 Å². The Bertz CT molecular complexity index is 418. The van der Waals surface area contributed by atoms with Crippen LogP contribution in [-0.2, 0) is 19.1 Å². The maximum Gasteiger partial charge on any atom is 0.325 e. The van der Waals surface area contributed by atoms with Crippen LogP contribution in [0.1, 0.15) is 5.69 Å². The topological polar surface area (TPSA) is 81.6 Å². The van der Waals surface area contributed by atoms with Gasteiger partial charge in [-0.15, -0.1) is 0 Å². The third kappa shape index (κ3) is 3.69. The summed E-state index contributed by atoms with van der Waals surface area (Å²) in [6.07, 6.45) is 3.02. The molecule has 1 rings (SSSR count). The zero-order chi connectivity index (χ0) is 13.5. The first-order valence-corrected chi connectivity index (χ1v) is 5.24. The molecule has 0 aliphatic rings. The summed E-state index contributed by atoms with van der Waals surface area (Å²) in [5, 5.41) is 0. The van der Waals surface area contributed by atoms with E-state index in [0.717, 1.165) is 0 Å². The lowest BCUT2D eigenvalue weighted by atomic mass is 10.3. The predicted molar refractivity (Wildman–Crippen MR) is 63.0 cm³/mol. The van der Waals surface area contributed by atoms with Gasteiger partial charge in [0.1, 0.15) is 13.1 Å². The van der Waals surface area contributed by atoms with E-state index >= 15 is 0 Å². The fraction of sp³-hybridized carbons (Fsp3) is 0.455. The summed E-state index contributed by atoms with van der Waals surface area (Å²) in [4.78, 5) is 32.2. The third-order valence-electron chi connectivity index (χ3n) is 2.25. The van der Waals surface area contributed by atoms with Crippen molar-refractivity contribution in [2.75, 3.05) is 32.2 Å². The van der Waals surface area contributed by atoms with Crippen molar-refractivity contribution >= 4 is 17.8 Å². The molecule has 0 atom stereocenters. The molecule has 0 saturated heterocycles. The maximum absolute atomic E-state index is 11.3. The van der Waals surface area contributed by atoms with Gasteiger partial charge in [-0.05, 0) is 6.92 Å². The highest BCUT2D eigenvalue weighted by molar-refractivity contribution is 5.80. The SMILES string of the molecule is COC(=O)CN(CC(=O)OC)c1nccnc1C. The van der Waals surface area contributed by atoms with E-state index in [-0.39, 0.29) is 13.1 Å². The Kier molecular flexibility index (Phi) is 5.04. The van der Waals surface area contributed by atoms with Gasteiger partial charge in [0.25, 0.3) is 0 Å². The van der Waals surface area contributed by atoms with Crippen molar-refractivity contribution in [2.45, 2.75) is 6.92 Å². The monoisotopic (exact) mass is 253 g/mol. The number of methoxy groups -OCH3 is 2. The van der Waals surface area contributed by atoms with Crippen molar-refractivity contribution in [1.29, 1.82) is 0 Å². The van der Waals surface area contributed by atoms with Crippen LogP contribution in [0.25, 0.3) is 0 Å². The zero-order valence-electron chi connectivity index (χ0n) is 10.5. The van der Waals surface area contributed by atoms with Crippen molar-refractivity contribution < 1.29 is 19.1 Å². The zero-order valence-corrected chi connectivity index (χ0v) is 10.5. The minimum Gasteiger partial charge on any atom is -0.468 e. The number of anilines is 1. The molecule has 1 aromatic heterocycles. The van der Waals surface area contributed by atoms with Crippen LogP contribution in [0.3, 0.4) is 0 Å². The first-order valence-electron chi connectivity index (χ1n) is 5.24. The molecule has 0 radical (unpaired) electrons. The van der Waals surface area contributed by atoms with Gasteiger partial charge in [-0.2, -0.15) is 0 Å². The van der Waals surface area contributed by atoms with Crippen LogP contribution in [0.2, 0.25) is 0 Å². The lowest BCUT2D eigenvalue weighted by Gasteiger charge is -2.21. The van der Waals surface area contributed by atoms with E-state index in [0.29, 0.717) is 11.5 Å². The summed E-state index contributed by atoms with van der Waals surface area (Å²) in [7, 11) is 2.56. The lowest BCUT2D eigenvalue weighted by Crippen LogP contribution is -2.36. The van der Waals surface area contributed by atoms with Crippen LogP contribution < -0.4 is 4.90 Å². The molecule has 0 saturated carbocycles. The number of hydrogen-bond acceptors (Lipinski definition) is 7. The van der Waals surface area contributed by atoms with E-state index in [4.69, 9.17) is 0 Å². The van der Waals surface area contributed by atoms with Gasteiger partial charge < -0.3 is 14.4 Å². The molecule has 0 N–H and O–H groups in total. The summed E-state index contributed by atoms with van der Waals surface area (Å²) >= 11 is 0. The van der Waals surface area contributed by atoms with Gasteiger partial charge >= 0.3 is 11.9 Å². The Labute approximate surface area is 105 Å². The van der Waals surface area contributed by atoms with Gasteiger partial charge in [0.05, 0.1) is 19.9 Å². The Morgan fingerprint density at radius 3 is 2.06 bits per heavy atom. The molecular weight excluding hydrogens is 238 g/mol. The van der Waals surface area contributed by atoms with E-state index < -0.39 is 11.9 Å². The van der Waals surface area contributed by atoms with Crippen LogP contribution in [0.5, 0.6) is 0 Å². The lowest BCUT2D eigenvalue weighted by molar-refractivity contribution is -0.140. The third-order valence-corrected chi connectivity index (χ3v) is 2.25. The highest BCUT2D eigenvalue weighted by Gasteiger charge is 2.19. The van der Waals surface area contributed by atoms with Crippen molar-refractivity contribution in [1.82, 2.24) is 9.97 Å². The van der Waals surface area contributed by atoms with Gasteiger partial charge in [-0.1, -0.05) is 0 Å². The molecule has 7 nitrogen and oxygen atoms in total. The number of rotatable bonds is 5. The maximum atomic E-state index is 11.3. The summed E-state index contributed by atoms with van der Waals surface area (Å²) in [6, 6.07) is 0. The number of carbonyl (C=O) groups is 2. The summed E-state index contributed by atoms with van der Waals surface area (Å²) < 4.78 is 9.15. The number of hydrogen-bond donors (Lipinski definition) is 0. The minimum absolute atomic E-state index is 0.0921. The molecule has 1 aromatic rings. The molecule has 98 valence electrons. The number of carbonyl (C=O) groups excluding carboxylic acids is 2. The minimum atomic E-state index is -0.469. The number of nitrogens with zero attached hydrogens (tertiary/aromatic N) is 3. The molecule has 0 fully saturated rings. The number of aryl methyl sites for hydroxylation is 1. The van der Waals surface area contributed by atoms with Crippen molar-refractivity contribution in [2.24, 2.45) is 0 Å². The Hall–Kier alpha value is -2.18. The van der Waals surface area contributed by atoms with Gasteiger partial charge in [0, 0.05) is 12.4 Å². The van der Waals surface area contributed by atoms with Gasteiger partial charge in [0.2, 0.25) is 0 Å². The number of aromatic nitrogens is 2. The smallest absolute Gasteiger partial charge is 0.325 e. The average molecular weight is 253 g/mol. The highest BCUT2D eigenvalue weighted by Crippen LogP contribution is 2.13. The van der Waals surface area contributed by atoms with Gasteiger partial charge in [-0.25, -0.2) is 4.98 Å². The highest BCUT2D eigenvalue weighted by atomic mass is 16.5. The Morgan fingerprint density at radius 2 is 1.61 bits per heavy atom. The van der Waals surface area contributed by atoms with Crippen LogP contribution in [0.15, 0.2) is 12.4 Å². The number of ether oxygens (including phenoxy) is 2. The predicted octanol–water partition coefficient (Wildman–Crippen LogP) is -0.0626. The molecular formula is C11H15N3O4. The van der Waals surface area contributed by atoms with Gasteiger partial charge in [-0.3, -0.25) is 14.6 Å². The summed E-state index contributed by atoms with van der Waals surface area (Å²) in [6.45, 7) is 1.56. The van der Waals surface area contributed by atoms with E-state index in [1.165, 1.54) is 31.5 Å². The fourth-order valence-corrected chi connectivity index (χ4v) is 1.36. The fourth-order valence-electron chi connectivity index (χ4n) is 1.36. The number of esters is 2. The molecule has 0 aliphatic heterocycles. The second-order valence-corrected chi connectivity index (χ2v) is 3.47. The summed E-state index contributed by atoms with van der Waals surface area (Å²) in [5.41, 5.74) is 0.616. The summed E-state index contributed by atoms with van der Waals surface area (Å²) in [5.74, 6) is -0.485. The van der Waals surface area contributed by atoms with Crippen molar-refractivity contribution in [3.63, 3.8) is 0 Å². The molecule has 18 heavy (non-hydrogen) atoms.